The summed E-state index contributed by atoms with van der Waals surface area (Å²) in [5.74, 6) is -0.289. The number of carbonyl (C=O) groups excluding carboxylic acids is 1. The van der Waals surface area contributed by atoms with Crippen molar-refractivity contribution in [3.05, 3.63) is 23.9 Å². The van der Waals surface area contributed by atoms with Gasteiger partial charge in [-0.25, -0.2) is 9.78 Å². The van der Waals surface area contributed by atoms with Crippen molar-refractivity contribution < 1.29 is 41.0 Å². The maximum absolute atomic E-state index is 12.4. The van der Waals surface area contributed by atoms with Gasteiger partial charge in [0.25, 0.3) is 0 Å². The molecular formula is C14H17F6N3O3. The van der Waals surface area contributed by atoms with Crippen LogP contribution in [0.4, 0.5) is 31.1 Å². The van der Waals surface area contributed by atoms with E-state index < -0.39 is 43.6 Å². The number of hydrogen-bond donors (Lipinski definition) is 3. The number of rotatable bonds is 7. The minimum absolute atomic E-state index is 0.119. The third-order valence-corrected chi connectivity index (χ3v) is 3.14. The van der Waals surface area contributed by atoms with Crippen LogP contribution in [0.2, 0.25) is 0 Å². The molecule has 3 N–H and O–H groups in total. The van der Waals surface area contributed by atoms with Crippen molar-refractivity contribution >= 4 is 6.03 Å². The van der Waals surface area contributed by atoms with E-state index >= 15 is 0 Å². The number of aliphatic hydroxyl groups is 1. The van der Waals surface area contributed by atoms with Gasteiger partial charge in [-0.3, -0.25) is 0 Å². The summed E-state index contributed by atoms with van der Waals surface area (Å²) in [6, 6.07) is 1.79. The minimum Gasteiger partial charge on any atom is -0.468 e. The van der Waals surface area contributed by atoms with Crippen molar-refractivity contribution in [1.82, 2.24) is 15.6 Å². The van der Waals surface area contributed by atoms with E-state index in [2.05, 4.69) is 20.4 Å². The molecule has 0 fully saturated rings. The maximum Gasteiger partial charge on any atom is 0.422 e. The Morgan fingerprint density at radius 3 is 2.46 bits per heavy atom. The van der Waals surface area contributed by atoms with Gasteiger partial charge in [0.2, 0.25) is 5.88 Å². The molecule has 0 bridgehead atoms. The monoisotopic (exact) mass is 389 g/mol. The van der Waals surface area contributed by atoms with Gasteiger partial charge in [-0.1, -0.05) is 0 Å². The molecule has 1 heterocycles. The number of carbonyl (C=O) groups is 1. The number of hydrogen-bond acceptors (Lipinski definition) is 4. The second-order valence-electron chi connectivity index (χ2n) is 5.54. The van der Waals surface area contributed by atoms with E-state index in [1.807, 2.05) is 0 Å². The second-order valence-corrected chi connectivity index (χ2v) is 5.54. The summed E-state index contributed by atoms with van der Waals surface area (Å²) in [6.45, 7) is -1.48. The number of nitrogens with zero attached hydrogens (tertiary/aromatic N) is 1. The molecule has 1 rings (SSSR count). The zero-order chi connectivity index (χ0) is 20.0. The van der Waals surface area contributed by atoms with E-state index in [-0.39, 0.29) is 12.4 Å². The van der Waals surface area contributed by atoms with Crippen LogP contribution in [0.25, 0.3) is 0 Å². The first kappa shape index (κ1) is 21.8. The highest BCUT2D eigenvalue weighted by atomic mass is 19.4. The molecule has 0 spiro atoms. The Morgan fingerprint density at radius 1 is 1.23 bits per heavy atom. The lowest BCUT2D eigenvalue weighted by molar-refractivity contribution is -0.254. The SMILES string of the molecule is CC(O)(CCNC(=O)NCc1ccnc(OCC(F)(F)F)c1)C(F)(F)F. The fraction of sp³-hybridized carbons (Fsp3) is 0.571. The van der Waals surface area contributed by atoms with Gasteiger partial charge < -0.3 is 20.5 Å². The van der Waals surface area contributed by atoms with Gasteiger partial charge in [0.05, 0.1) is 0 Å². The number of halogens is 6. The molecule has 6 nitrogen and oxygen atoms in total. The molecule has 148 valence electrons. The van der Waals surface area contributed by atoms with Crippen molar-refractivity contribution in [2.75, 3.05) is 13.2 Å². The van der Waals surface area contributed by atoms with Crippen LogP contribution in [0, 0.1) is 0 Å². The Kier molecular flexibility index (Phi) is 7.07. The van der Waals surface area contributed by atoms with Crippen molar-refractivity contribution in [1.29, 1.82) is 0 Å². The third kappa shape index (κ3) is 7.76. The summed E-state index contributed by atoms with van der Waals surface area (Å²) in [5.41, 5.74) is -2.56. The lowest BCUT2D eigenvalue weighted by Gasteiger charge is -2.26. The van der Waals surface area contributed by atoms with E-state index in [4.69, 9.17) is 0 Å². The topological polar surface area (TPSA) is 83.5 Å². The fourth-order valence-electron chi connectivity index (χ4n) is 1.60. The van der Waals surface area contributed by atoms with E-state index in [0.29, 0.717) is 12.5 Å². The van der Waals surface area contributed by atoms with Gasteiger partial charge >= 0.3 is 18.4 Å². The Labute approximate surface area is 144 Å². The molecule has 12 heteroatoms. The quantitative estimate of drug-likeness (QED) is 0.626. The molecule has 0 saturated heterocycles. The van der Waals surface area contributed by atoms with Gasteiger partial charge in [0.1, 0.15) is 0 Å². The van der Waals surface area contributed by atoms with Gasteiger partial charge in [0.15, 0.2) is 12.2 Å². The zero-order valence-corrected chi connectivity index (χ0v) is 13.5. The number of alkyl halides is 6. The Balaban J connectivity index is 2.41. The zero-order valence-electron chi connectivity index (χ0n) is 13.5. The smallest absolute Gasteiger partial charge is 0.422 e. The third-order valence-electron chi connectivity index (χ3n) is 3.14. The molecule has 0 radical (unpaired) electrons. The molecule has 0 saturated carbocycles. The number of aromatic nitrogens is 1. The highest BCUT2D eigenvalue weighted by Gasteiger charge is 2.49. The Hall–Kier alpha value is -2.24. The fourth-order valence-corrected chi connectivity index (χ4v) is 1.60. The average molecular weight is 389 g/mol. The molecule has 26 heavy (non-hydrogen) atoms. The molecule has 2 amide bonds. The van der Waals surface area contributed by atoms with E-state index in [9.17, 15) is 36.2 Å². The lowest BCUT2D eigenvalue weighted by Crippen LogP contribution is -2.46. The van der Waals surface area contributed by atoms with Crippen molar-refractivity contribution in [3.8, 4) is 5.88 Å². The first-order valence-corrected chi connectivity index (χ1v) is 7.25. The van der Waals surface area contributed by atoms with Crippen LogP contribution in [0.15, 0.2) is 18.3 Å². The van der Waals surface area contributed by atoms with Crippen LogP contribution < -0.4 is 15.4 Å². The lowest BCUT2D eigenvalue weighted by atomic mass is 10.0. The maximum atomic E-state index is 12.4. The van der Waals surface area contributed by atoms with E-state index in [0.717, 1.165) is 0 Å². The van der Waals surface area contributed by atoms with Crippen LogP contribution in [0.3, 0.4) is 0 Å². The van der Waals surface area contributed by atoms with Crippen LogP contribution in [-0.4, -0.2) is 47.2 Å². The summed E-state index contributed by atoms with van der Waals surface area (Å²) in [5, 5.41) is 13.7. The molecule has 0 aromatic carbocycles. The number of urea groups is 1. The largest absolute Gasteiger partial charge is 0.468 e. The first-order chi connectivity index (χ1) is 11.8. The molecule has 1 unspecified atom stereocenters. The Bertz CT molecular complexity index is 604. The molecule has 0 aliphatic heterocycles. The van der Waals surface area contributed by atoms with E-state index in [1.165, 1.54) is 18.3 Å². The van der Waals surface area contributed by atoms with Crippen molar-refractivity contribution in [2.24, 2.45) is 0 Å². The predicted octanol–water partition coefficient (Wildman–Crippen LogP) is 2.53. The van der Waals surface area contributed by atoms with Gasteiger partial charge in [-0.2, -0.15) is 26.3 Å². The number of pyridine rings is 1. The van der Waals surface area contributed by atoms with Crippen molar-refractivity contribution in [2.45, 2.75) is 37.8 Å². The highest BCUT2D eigenvalue weighted by molar-refractivity contribution is 5.73. The minimum atomic E-state index is -4.82. The van der Waals surface area contributed by atoms with Crippen LogP contribution in [-0.2, 0) is 6.54 Å². The van der Waals surface area contributed by atoms with Crippen LogP contribution in [0.5, 0.6) is 5.88 Å². The molecule has 0 aliphatic rings. The molecule has 1 aromatic rings. The van der Waals surface area contributed by atoms with Crippen LogP contribution in [0.1, 0.15) is 18.9 Å². The second kappa shape index (κ2) is 8.43. The number of nitrogens with one attached hydrogen (secondary N) is 2. The summed E-state index contributed by atoms with van der Waals surface area (Å²) >= 11 is 0. The molecule has 0 aliphatic carbocycles. The molecule has 1 aromatic heterocycles. The van der Waals surface area contributed by atoms with Crippen molar-refractivity contribution in [3.63, 3.8) is 0 Å². The normalized spacial score (nSPS) is 14.5. The summed E-state index contributed by atoms with van der Waals surface area (Å²) < 4.78 is 78.0. The van der Waals surface area contributed by atoms with Gasteiger partial charge in [-0.05, 0) is 18.6 Å². The first-order valence-electron chi connectivity index (χ1n) is 7.25. The molecule has 1 atom stereocenters. The summed E-state index contributed by atoms with van der Waals surface area (Å²) in [7, 11) is 0. The highest BCUT2D eigenvalue weighted by Crippen LogP contribution is 2.32. The predicted molar refractivity (Wildman–Crippen MR) is 77.3 cm³/mol. The molecular weight excluding hydrogens is 372 g/mol. The van der Waals surface area contributed by atoms with Crippen LogP contribution >= 0.6 is 0 Å². The summed E-state index contributed by atoms with van der Waals surface area (Å²) in [6.07, 6.45) is -8.90. The Morgan fingerprint density at radius 2 is 1.88 bits per heavy atom. The summed E-state index contributed by atoms with van der Waals surface area (Å²) in [4.78, 5) is 15.1. The average Bonchev–Trinajstić information content (AvgIpc) is 2.49. The van der Waals surface area contributed by atoms with E-state index in [1.54, 1.807) is 0 Å². The van der Waals surface area contributed by atoms with Gasteiger partial charge in [0, 0.05) is 31.8 Å². The number of amides is 2. The van der Waals surface area contributed by atoms with Gasteiger partial charge in [-0.15, -0.1) is 0 Å². The number of ether oxygens (including phenoxy) is 1. The standard InChI is InChI=1S/C14H17F6N3O3/c1-12(25,14(18,19)20)3-5-22-11(24)23-7-9-2-4-21-10(6-9)26-8-13(15,16)17/h2,4,6,25H,3,5,7-8H2,1H3,(H2,22,23,24).